The highest BCUT2D eigenvalue weighted by Crippen LogP contribution is 2.36. The standard InChI is InChI=1S/C38H67O9P/c1-3-5-7-9-11-12-13-14-15-18-23-27-31-38(40)46-34(33-45-48(41,42)43)32-44-37(39)30-26-22-19-16-17-21-25-29-36-35(47-36)28-24-20-10-8-6-4-2/h16,19-21,24-25,34-36H,3-15,17-18,22-23,26-33H2,1-2H3,(H2,41,42,43)/b19-16-,24-20-,25-21-/t34-,35?,36?/m1/s1. The van der Waals surface area contributed by atoms with Gasteiger partial charge in [0.1, 0.15) is 6.61 Å². The predicted octanol–water partition coefficient (Wildman–Crippen LogP) is 10.00. The van der Waals surface area contributed by atoms with Gasteiger partial charge in [0, 0.05) is 12.8 Å². The Balaban J connectivity index is 2.14. The number of phosphoric acid groups is 1. The first-order chi connectivity index (χ1) is 23.2. The highest BCUT2D eigenvalue weighted by Gasteiger charge is 2.36. The number of hydrogen-bond donors (Lipinski definition) is 2. The highest BCUT2D eigenvalue weighted by molar-refractivity contribution is 7.46. The molecule has 0 saturated carbocycles. The molecule has 9 nitrogen and oxygen atoms in total. The molecule has 0 aromatic rings. The number of hydrogen-bond acceptors (Lipinski definition) is 7. The largest absolute Gasteiger partial charge is 0.469 e. The molecule has 48 heavy (non-hydrogen) atoms. The summed E-state index contributed by atoms with van der Waals surface area (Å²) in [6.07, 6.45) is 36.1. The van der Waals surface area contributed by atoms with Crippen molar-refractivity contribution in [2.75, 3.05) is 13.2 Å². The van der Waals surface area contributed by atoms with Crippen LogP contribution in [0.1, 0.15) is 162 Å². The Morgan fingerprint density at radius 3 is 1.77 bits per heavy atom. The molecule has 1 aliphatic rings. The minimum atomic E-state index is -4.76. The second kappa shape index (κ2) is 30.1. The summed E-state index contributed by atoms with van der Waals surface area (Å²) in [5.74, 6) is -0.956. The van der Waals surface area contributed by atoms with Gasteiger partial charge < -0.3 is 24.0 Å². The molecule has 1 heterocycles. The van der Waals surface area contributed by atoms with Gasteiger partial charge >= 0.3 is 19.8 Å². The van der Waals surface area contributed by atoms with Crippen molar-refractivity contribution < 1.29 is 42.7 Å². The van der Waals surface area contributed by atoms with Crippen LogP contribution in [0.4, 0.5) is 0 Å². The van der Waals surface area contributed by atoms with Crippen molar-refractivity contribution >= 4 is 19.8 Å². The van der Waals surface area contributed by atoms with E-state index in [2.05, 4.69) is 48.8 Å². The van der Waals surface area contributed by atoms with Gasteiger partial charge in [0.15, 0.2) is 6.10 Å². The summed E-state index contributed by atoms with van der Waals surface area (Å²) in [4.78, 5) is 42.7. The van der Waals surface area contributed by atoms with E-state index in [-0.39, 0.29) is 19.4 Å². The van der Waals surface area contributed by atoms with Crippen molar-refractivity contribution in [3.63, 3.8) is 0 Å². The fourth-order valence-corrected chi connectivity index (χ4v) is 5.71. The molecule has 0 bridgehead atoms. The number of unbranched alkanes of at least 4 members (excludes halogenated alkanes) is 15. The summed E-state index contributed by atoms with van der Waals surface area (Å²) < 4.78 is 32.0. The van der Waals surface area contributed by atoms with E-state index >= 15 is 0 Å². The molecule has 2 unspecified atom stereocenters. The van der Waals surface area contributed by atoms with Crippen LogP contribution < -0.4 is 0 Å². The second-order valence-corrected chi connectivity index (χ2v) is 14.2. The normalized spacial score (nSPS) is 17.1. The monoisotopic (exact) mass is 698 g/mol. The van der Waals surface area contributed by atoms with Crippen LogP contribution in [0.25, 0.3) is 0 Å². The fraction of sp³-hybridized carbons (Fsp3) is 0.789. The van der Waals surface area contributed by atoms with Gasteiger partial charge in [-0.25, -0.2) is 4.57 Å². The lowest BCUT2D eigenvalue weighted by atomic mass is 10.0. The van der Waals surface area contributed by atoms with Crippen LogP contribution in [0.15, 0.2) is 36.5 Å². The number of phosphoric ester groups is 1. The minimum absolute atomic E-state index is 0.187. The van der Waals surface area contributed by atoms with Gasteiger partial charge in [0.25, 0.3) is 0 Å². The molecular formula is C38H67O9P. The molecule has 0 aromatic heterocycles. The molecule has 2 N–H and O–H groups in total. The molecule has 0 radical (unpaired) electrons. The number of rotatable bonds is 33. The SMILES string of the molecule is CCCCC/C=C\CC1OC1C/C=C\C/C=C\CCCC(=O)OC[C@H](COP(=O)(O)O)OC(=O)CCCCCCCCCCCCCC. The van der Waals surface area contributed by atoms with Crippen LogP contribution in [0.3, 0.4) is 0 Å². The van der Waals surface area contributed by atoms with Gasteiger partial charge in [-0.05, 0) is 51.4 Å². The highest BCUT2D eigenvalue weighted by atomic mass is 31.2. The zero-order valence-corrected chi connectivity index (χ0v) is 31.0. The Hall–Kier alpha value is -1.77. The number of carbonyl (C=O) groups excluding carboxylic acids is 2. The summed E-state index contributed by atoms with van der Waals surface area (Å²) in [5, 5.41) is 0. The van der Waals surface area contributed by atoms with Crippen LogP contribution in [-0.4, -0.2) is 53.3 Å². The number of allylic oxidation sites excluding steroid dienone is 4. The third-order valence-corrected chi connectivity index (χ3v) is 8.80. The second-order valence-electron chi connectivity index (χ2n) is 12.9. The molecule has 1 saturated heterocycles. The molecule has 0 spiro atoms. The zero-order chi connectivity index (χ0) is 35.1. The summed E-state index contributed by atoms with van der Waals surface area (Å²) in [6.45, 7) is 3.58. The van der Waals surface area contributed by atoms with Crippen molar-refractivity contribution in [3.8, 4) is 0 Å². The maximum absolute atomic E-state index is 12.3. The average molecular weight is 699 g/mol. The third kappa shape index (κ3) is 29.2. The first kappa shape index (κ1) is 44.3. The van der Waals surface area contributed by atoms with Gasteiger partial charge in [-0.15, -0.1) is 0 Å². The van der Waals surface area contributed by atoms with Gasteiger partial charge in [0.05, 0.1) is 18.8 Å². The number of ether oxygens (including phenoxy) is 3. The van der Waals surface area contributed by atoms with E-state index in [9.17, 15) is 14.2 Å². The van der Waals surface area contributed by atoms with E-state index in [0.717, 1.165) is 51.4 Å². The molecular weight excluding hydrogens is 631 g/mol. The molecule has 1 rings (SSSR count). The smallest absolute Gasteiger partial charge is 0.462 e. The van der Waals surface area contributed by atoms with Crippen LogP contribution in [0.5, 0.6) is 0 Å². The van der Waals surface area contributed by atoms with Crippen LogP contribution in [0, 0.1) is 0 Å². The molecule has 0 aliphatic carbocycles. The van der Waals surface area contributed by atoms with E-state index in [1.54, 1.807) is 0 Å². The quantitative estimate of drug-likeness (QED) is 0.0226. The topological polar surface area (TPSA) is 132 Å². The first-order valence-corrected chi connectivity index (χ1v) is 20.4. The summed E-state index contributed by atoms with van der Waals surface area (Å²) in [7, 11) is -4.76. The lowest BCUT2D eigenvalue weighted by Crippen LogP contribution is -2.29. The molecule has 0 amide bonds. The van der Waals surface area contributed by atoms with Crippen molar-refractivity contribution in [1.29, 1.82) is 0 Å². The average Bonchev–Trinajstić information content (AvgIpc) is 3.81. The molecule has 3 atom stereocenters. The van der Waals surface area contributed by atoms with Gasteiger partial charge in [-0.2, -0.15) is 0 Å². The van der Waals surface area contributed by atoms with E-state index in [1.807, 2.05) is 6.08 Å². The Morgan fingerprint density at radius 2 is 1.15 bits per heavy atom. The van der Waals surface area contributed by atoms with E-state index in [4.69, 9.17) is 24.0 Å². The molecule has 1 fully saturated rings. The fourth-order valence-electron chi connectivity index (χ4n) is 5.35. The predicted molar refractivity (Wildman–Crippen MR) is 192 cm³/mol. The van der Waals surface area contributed by atoms with Crippen LogP contribution in [-0.2, 0) is 32.9 Å². The third-order valence-electron chi connectivity index (χ3n) is 8.31. The molecule has 10 heteroatoms. The van der Waals surface area contributed by atoms with Crippen LogP contribution >= 0.6 is 7.82 Å². The summed E-state index contributed by atoms with van der Waals surface area (Å²) in [6, 6.07) is 0. The van der Waals surface area contributed by atoms with E-state index < -0.39 is 32.5 Å². The zero-order valence-electron chi connectivity index (χ0n) is 30.1. The van der Waals surface area contributed by atoms with Crippen molar-refractivity contribution in [2.45, 2.75) is 180 Å². The lowest BCUT2D eigenvalue weighted by Gasteiger charge is -2.18. The van der Waals surface area contributed by atoms with Crippen molar-refractivity contribution in [2.24, 2.45) is 0 Å². The maximum atomic E-state index is 12.3. The van der Waals surface area contributed by atoms with E-state index in [0.29, 0.717) is 25.0 Å². The Kier molecular flexibility index (Phi) is 27.7. The number of carbonyl (C=O) groups is 2. The van der Waals surface area contributed by atoms with E-state index in [1.165, 1.54) is 70.6 Å². The molecule has 1 aliphatic heterocycles. The Bertz CT molecular complexity index is 942. The molecule has 278 valence electrons. The number of epoxide rings is 1. The minimum Gasteiger partial charge on any atom is -0.462 e. The van der Waals surface area contributed by atoms with Crippen molar-refractivity contribution in [3.05, 3.63) is 36.5 Å². The Labute approximate surface area is 291 Å². The van der Waals surface area contributed by atoms with Gasteiger partial charge in [-0.3, -0.25) is 14.1 Å². The Morgan fingerprint density at radius 1 is 0.646 bits per heavy atom. The summed E-state index contributed by atoms with van der Waals surface area (Å²) >= 11 is 0. The van der Waals surface area contributed by atoms with Crippen molar-refractivity contribution in [1.82, 2.24) is 0 Å². The van der Waals surface area contributed by atoms with Crippen LogP contribution in [0.2, 0.25) is 0 Å². The maximum Gasteiger partial charge on any atom is 0.469 e. The first-order valence-electron chi connectivity index (χ1n) is 18.9. The van der Waals surface area contributed by atoms with Gasteiger partial charge in [-0.1, -0.05) is 134 Å². The lowest BCUT2D eigenvalue weighted by molar-refractivity contribution is -0.161. The molecule has 0 aromatic carbocycles. The van der Waals surface area contributed by atoms with Gasteiger partial charge in [0.2, 0.25) is 0 Å². The summed E-state index contributed by atoms with van der Waals surface area (Å²) in [5.41, 5.74) is 0. The number of esters is 2.